The number of nitrogens with zero attached hydrogens (tertiary/aromatic N) is 1. The Labute approximate surface area is 128 Å². The minimum Gasteiger partial charge on any atom is -0.358 e. The Hall–Kier alpha value is -1.98. The molecule has 108 valence electrons. The van der Waals surface area contributed by atoms with E-state index in [1.165, 1.54) is 10.6 Å². The lowest BCUT2D eigenvalue weighted by molar-refractivity contribution is 0.602. The molecule has 0 spiro atoms. The molecule has 1 aromatic heterocycles. The average Bonchev–Trinajstić information content (AvgIpc) is 2.82. The van der Waals surface area contributed by atoms with E-state index < -0.39 is 10.0 Å². The summed E-state index contributed by atoms with van der Waals surface area (Å²) < 4.78 is 25.8. The van der Waals surface area contributed by atoms with Crippen molar-refractivity contribution in [2.75, 3.05) is 10.6 Å². The van der Waals surface area contributed by atoms with Crippen LogP contribution in [0.5, 0.6) is 0 Å². The van der Waals surface area contributed by atoms with E-state index in [4.69, 9.17) is 11.6 Å². The van der Waals surface area contributed by atoms with Crippen molar-refractivity contribution in [1.82, 2.24) is 4.98 Å². The lowest BCUT2D eigenvalue weighted by Crippen LogP contribution is -2.24. The Morgan fingerprint density at radius 1 is 1.05 bits per heavy atom. The summed E-state index contributed by atoms with van der Waals surface area (Å²) in [7, 11) is -3.48. The quantitative estimate of drug-likeness (QED) is 0.795. The van der Waals surface area contributed by atoms with E-state index in [0.717, 1.165) is 5.39 Å². The number of nitrogens with one attached hydrogen (secondary N) is 1. The molecule has 1 N–H and O–H groups in total. The van der Waals surface area contributed by atoms with Gasteiger partial charge in [0.1, 0.15) is 0 Å². The van der Waals surface area contributed by atoms with Crippen LogP contribution in [0.3, 0.4) is 0 Å². The van der Waals surface area contributed by atoms with Crippen molar-refractivity contribution in [3.63, 3.8) is 0 Å². The van der Waals surface area contributed by atoms with Crippen LogP contribution in [-0.4, -0.2) is 19.7 Å². The zero-order valence-electron chi connectivity index (χ0n) is 11.2. The van der Waals surface area contributed by atoms with Gasteiger partial charge in [0, 0.05) is 11.6 Å². The fraction of sp³-hybridized carbons (Fsp3) is 0.0667. The number of aromatic nitrogens is 1. The van der Waals surface area contributed by atoms with Crippen LogP contribution in [0.1, 0.15) is 0 Å². The van der Waals surface area contributed by atoms with Gasteiger partial charge in [-0.25, -0.2) is 12.7 Å². The van der Waals surface area contributed by atoms with Gasteiger partial charge in [0.25, 0.3) is 0 Å². The third-order valence-corrected chi connectivity index (χ3v) is 4.57. The Bertz CT molecular complexity index is 888. The fourth-order valence-corrected chi connectivity index (χ4v) is 3.57. The van der Waals surface area contributed by atoms with Gasteiger partial charge >= 0.3 is 0 Å². The fourth-order valence-electron chi connectivity index (χ4n) is 2.35. The highest BCUT2D eigenvalue weighted by atomic mass is 35.5. The predicted molar refractivity (Wildman–Crippen MR) is 86.7 cm³/mol. The molecule has 0 saturated carbocycles. The second-order valence-electron chi connectivity index (χ2n) is 4.70. The lowest BCUT2D eigenvalue weighted by Gasteiger charge is -2.23. The number of hydrogen-bond donors (Lipinski definition) is 1. The number of rotatable bonds is 3. The first-order valence-electron chi connectivity index (χ1n) is 6.29. The molecule has 2 aromatic carbocycles. The van der Waals surface area contributed by atoms with Gasteiger partial charge in [-0.05, 0) is 18.2 Å². The molecule has 0 aliphatic heterocycles. The summed E-state index contributed by atoms with van der Waals surface area (Å²) in [5.41, 5.74) is 1.82. The number of sulfonamides is 1. The molecule has 4 nitrogen and oxygen atoms in total. The maximum Gasteiger partial charge on any atom is 0.236 e. The first-order chi connectivity index (χ1) is 9.98. The van der Waals surface area contributed by atoms with E-state index in [0.29, 0.717) is 21.9 Å². The van der Waals surface area contributed by atoms with Crippen molar-refractivity contribution in [1.29, 1.82) is 0 Å². The molecule has 21 heavy (non-hydrogen) atoms. The van der Waals surface area contributed by atoms with Crippen molar-refractivity contribution in [2.24, 2.45) is 0 Å². The molecule has 3 aromatic rings. The molecule has 6 heteroatoms. The van der Waals surface area contributed by atoms with Gasteiger partial charge in [-0.2, -0.15) is 0 Å². The van der Waals surface area contributed by atoms with Gasteiger partial charge in [0.2, 0.25) is 10.0 Å². The van der Waals surface area contributed by atoms with Crippen LogP contribution in [0.4, 0.5) is 11.4 Å². The van der Waals surface area contributed by atoms with E-state index in [2.05, 4.69) is 4.98 Å². The first kappa shape index (κ1) is 14.0. The third kappa shape index (κ3) is 2.50. The zero-order chi connectivity index (χ0) is 15.0. The van der Waals surface area contributed by atoms with E-state index in [1.807, 2.05) is 12.1 Å². The van der Waals surface area contributed by atoms with Crippen molar-refractivity contribution in [2.45, 2.75) is 0 Å². The highest BCUT2D eigenvalue weighted by molar-refractivity contribution is 7.92. The molecule has 0 atom stereocenters. The highest BCUT2D eigenvalue weighted by Gasteiger charge is 2.22. The molecule has 1 heterocycles. The number of H-pyrrole nitrogens is 1. The van der Waals surface area contributed by atoms with Crippen LogP contribution < -0.4 is 4.31 Å². The number of halogens is 1. The Balaban J connectivity index is 2.30. The maximum atomic E-state index is 12.3. The first-order valence-corrected chi connectivity index (χ1v) is 8.52. The summed E-state index contributed by atoms with van der Waals surface area (Å²) in [6.45, 7) is 0. The zero-order valence-corrected chi connectivity index (χ0v) is 12.8. The molecule has 0 fully saturated rings. The van der Waals surface area contributed by atoms with Crippen LogP contribution in [0.25, 0.3) is 10.9 Å². The van der Waals surface area contributed by atoms with Gasteiger partial charge < -0.3 is 4.98 Å². The van der Waals surface area contributed by atoms with Gasteiger partial charge in [-0.15, -0.1) is 0 Å². The summed E-state index contributed by atoms with van der Waals surface area (Å²) in [5, 5.41) is 1.35. The van der Waals surface area contributed by atoms with Crippen molar-refractivity contribution in [3.05, 3.63) is 59.8 Å². The molecule has 0 saturated heterocycles. The smallest absolute Gasteiger partial charge is 0.236 e. The second kappa shape index (κ2) is 5.09. The third-order valence-electron chi connectivity index (χ3n) is 3.18. The summed E-state index contributed by atoms with van der Waals surface area (Å²) in [4.78, 5) is 3.04. The number of aromatic amines is 1. The Morgan fingerprint density at radius 3 is 2.43 bits per heavy atom. The average molecular weight is 321 g/mol. The second-order valence-corrected chi connectivity index (χ2v) is 6.94. The normalized spacial score (nSPS) is 11.7. The number of hydrogen-bond acceptors (Lipinski definition) is 2. The van der Waals surface area contributed by atoms with Crippen molar-refractivity contribution >= 4 is 43.9 Å². The largest absolute Gasteiger partial charge is 0.358 e. The molecule has 3 rings (SSSR count). The Kier molecular flexibility index (Phi) is 3.39. The van der Waals surface area contributed by atoms with Crippen LogP contribution in [-0.2, 0) is 10.0 Å². The highest BCUT2D eigenvalue weighted by Crippen LogP contribution is 2.35. The molecular weight excluding hydrogens is 308 g/mol. The summed E-state index contributed by atoms with van der Waals surface area (Å²) >= 11 is 6.11. The molecule has 0 radical (unpaired) electrons. The van der Waals surface area contributed by atoms with Crippen LogP contribution in [0, 0.1) is 0 Å². The maximum absolute atomic E-state index is 12.3. The van der Waals surface area contributed by atoms with Gasteiger partial charge in [-0.1, -0.05) is 41.9 Å². The van der Waals surface area contributed by atoms with Gasteiger partial charge in [-0.3, -0.25) is 0 Å². The summed E-state index contributed by atoms with van der Waals surface area (Å²) in [5.74, 6) is 0. The van der Waals surface area contributed by atoms with Crippen LogP contribution in [0.15, 0.2) is 54.7 Å². The molecule has 0 amide bonds. The monoisotopic (exact) mass is 320 g/mol. The SMILES string of the molecule is CS(=O)(=O)N(c1ccccc1)c1cccc2c(Cl)c[nH]c12. The lowest BCUT2D eigenvalue weighted by atomic mass is 10.2. The van der Waals surface area contributed by atoms with Crippen molar-refractivity contribution in [3.8, 4) is 0 Å². The number of anilines is 2. The summed E-state index contributed by atoms with van der Waals surface area (Å²) in [6.07, 6.45) is 2.84. The van der Waals surface area contributed by atoms with Gasteiger partial charge in [0.05, 0.1) is 28.2 Å². The van der Waals surface area contributed by atoms with Gasteiger partial charge in [0.15, 0.2) is 0 Å². The number of para-hydroxylation sites is 2. The topological polar surface area (TPSA) is 53.2 Å². The number of fused-ring (bicyclic) bond motifs is 1. The van der Waals surface area contributed by atoms with Crippen molar-refractivity contribution < 1.29 is 8.42 Å². The molecule has 0 unspecified atom stereocenters. The van der Waals surface area contributed by atoms with E-state index >= 15 is 0 Å². The molecule has 0 aliphatic carbocycles. The predicted octanol–water partition coefficient (Wildman–Crippen LogP) is 3.92. The number of benzene rings is 2. The van der Waals surface area contributed by atoms with Crippen LogP contribution >= 0.6 is 11.6 Å². The molecular formula is C15H13ClN2O2S. The minimum atomic E-state index is -3.48. The van der Waals surface area contributed by atoms with E-state index in [9.17, 15) is 8.42 Å². The summed E-state index contributed by atoms with van der Waals surface area (Å²) in [6, 6.07) is 14.3. The van der Waals surface area contributed by atoms with Crippen LogP contribution in [0.2, 0.25) is 5.02 Å². The van der Waals surface area contributed by atoms with E-state index in [-0.39, 0.29) is 0 Å². The molecule has 0 aliphatic rings. The Morgan fingerprint density at radius 2 is 1.76 bits per heavy atom. The standard InChI is InChI=1S/C15H13ClN2O2S/c1-21(19,20)18(11-6-3-2-4-7-11)14-9-5-8-12-13(16)10-17-15(12)14/h2-10,17H,1H3. The molecule has 0 bridgehead atoms. The van der Waals surface area contributed by atoms with E-state index in [1.54, 1.807) is 42.6 Å². The minimum absolute atomic E-state index is 0.549.